The maximum atomic E-state index is 12.3. The van der Waals surface area contributed by atoms with Gasteiger partial charge in [0.25, 0.3) is 0 Å². The Hall–Kier alpha value is -2.49. The van der Waals surface area contributed by atoms with E-state index >= 15 is 0 Å². The van der Waals surface area contributed by atoms with Gasteiger partial charge in [0.2, 0.25) is 5.91 Å². The van der Waals surface area contributed by atoms with Crippen LogP contribution in [0.3, 0.4) is 0 Å². The molecule has 3 N–H and O–H groups in total. The van der Waals surface area contributed by atoms with Crippen LogP contribution in [0.1, 0.15) is 45.1 Å². The molecule has 0 spiro atoms. The number of nitrogens with two attached hydrogens (primary N) is 1. The summed E-state index contributed by atoms with van der Waals surface area (Å²) < 4.78 is 65.7. The van der Waals surface area contributed by atoms with E-state index in [9.17, 15) is 14.4 Å². The Labute approximate surface area is 351 Å². The number of carbonyl (C=O) groups excluding carboxylic acids is 3. The second-order valence-electron chi connectivity index (χ2n) is 13.1. The van der Waals surface area contributed by atoms with E-state index in [0.29, 0.717) is 178 Å². The van der Waals surface area contributed by atoms with Crippen molar-refractivity contribution in [3.05, 3.63) is 35.9 Å². The van der Waals surface area contributed by atoms with Crippen LogP contribution < -0.4 is 11.1 Å². The first-order valence-electron chi connectivity index (χ1n) is 21.0. The van der Waals surface area contributed by atoms with Crippen LogP contribution in [0.15, 0.2) is 30.3 Å². The summed E-state index contributed by atoms with van der Waals surface area (Å²) in [4.78, 5) is 36.0. The zero-order valence-corrected chi connectivity index (χ0v) is 35.7. The van der Waals surface area contributed by atoms with Crippen LogP contribution in [0.4, 0.5) is 0 Å². The lowest BCUT2D eigenvalue weighted by Gasteiger charge is -2.17. The minimum absolute atomic E-state index is 0.00882. The van der Waals surface area contributed by atoms with Gasteiger partial charge in [0.15, 0.2) is 5.78 Å². The lowest BCUT2D eigenvalue weighted by Crippen LogP contribution is -2.42. The number of ketones is 2. The molecule has 1 aromatic carbocycles. The number of hydrogen-bond acceptors (Lipinski definition) is 16. The number of Topliss-reactive ketones (excluding diaryl/α,β-unsaturated/α-hetero) is 2. The number of hydrogen-bond donors (Lipinski definition) is 2. The molecular formula is C42H74N2O15. The quantitative estimate of drug-likeness (QED) is 0.0902. The molecule has 342 valence electrons. The van der Waals surface area contributed by atoms with Crippen LogP contribution in [0, 0.1) is 0 Å². The highest BCUT2D eigenvalue weighted by molar-refractivity contribution is 5.89. The van der Waals surface area contributed by atoms with Gasteiger partial charge in [0.05, 0.1) is 164 Å². The van der Waals surface area contributed by atoms with E-state index in [1.54, 1.807) is 13.8 Å². The third kappa shape index (κ3) is 37.0. The predicted octanol–water partition coefficient (Wildman–Crippen LogP) is 1.98. The largest absolute Gasteiger partial charge is 0.379 e. The summed E-state index contributed by atoms with van der Waals surface area (Å²) in [5.74, 6) is -0.146. The molecule has 1 rings (SSSR count). The van der Waals surface area contributed by atoms with Crippen molar-refractivity contribution < 1.29 is 71.2 Å². The molecule has 0 bridgehead atoms. The van der Waals surface area contributed by atoms with Gasteiger partial charge >= 0.3 is 0 Å². The number of nitrogens with one attached hydrogen (secondary N) is 1. The number of rotatable bonds is 46. The molecule has 0 aliphatic rings. The molecule has 0 aliphatic heterocycles. The Bertz CT molecular complexity index is 1100. The maximum absolute atomic E-state index is 12.3. The van der Waals surface area contributed by atoms with E-state index in [-0.39, 0.29) is 30.5 Å². The van der Waals surface area contributed by atoms with E-state index < -0.39 is 12.1 Å². The average molecular weight is 847 g/mol. The molecule has 0 fully saturated rings. The van der Waals surface area contributed by atoms with Crippen LogP contribution >= 0.6 is 0 Å². The molecule has 0 radical (unpaired) electrons. The highest BCUT2D eigenvalue weighted by atomic mass is 16.6. The van der Waals surface area contributed by atoms with Gasteiger partial charge in [-0.05, 0) is 25.3 Å². The minimum Gasteiger partial charge on any atom is -0.379 e. The van der Waals surface area contributed by atoms with Gasteiger partial charge in [-0.2, -0.15) is 0 Å². The average Bonchev–Trinajstić information content (AvgIpc) is 3.24. The standard InChI is InChI=1S/C42H74N2O15/c1-3-40(45)39(36-38-8-5-4-6-9-38)44-42(47)11-13-49-15-17-51-19-21-53-23-25-55-27-29-57-31-33-59-35-34-58-32-30-56-28-26-54-24-22-52-20-18-50-16-14-48-12-7-10-41(46)37(2)43/h4-6,8-9,37,39H,3,7,10-36,43H2,1-2H3,(H,44,47)/t37-,39-/m0/s1. The third-order valence-electron chi connectivity index (χ3n) is 8.14. The number of amides is 1. The van der Waals surface area contributed by atoms with Crippen LogP contribution in [0.25, 0.3) is 0 Å². The maximum Gasteiger partial charge on any atom is 0.222 e. The number of benzene rings is 1. The topological polar surface area (TPSA) is 200 Å². The lowest BCUT2D eigenvalue weighted by molar-refractivity contribution is -0.128. The molecular weight excluding hydrogens is 772 g/mol. The summed E-state index contributed by atoms with van der Waals surface area (Å²) in [7, 11) is 0. The first-order valence-corrected chi connectivity index (χ1v) is 21.0. The van der Waals surface area contributed by atoms with E-state index in [0.717, 1.165) is 5.56 Å². The fourth-order valence-corrected chi connectivity index (χ4v) is 4.87. The predicted molar refractivity (Wildman–Crippen MR) is 220 cm³/mol. The molecule has 0 heterocycles. The Kier molecular flexibility index (Phi) is 39.0. The Morgan fingerprint density at radius 2 is 0.797 bits per heavy atom. The SMILES string of the molecule is CCC(=O)[C@H](Cc1ccccc1)NC(=O)CCOCCOCCOCCOCCOCCOCCOCCOCCOCCOCCOCCOCCCC(=O)[C@H](C)N. The van der Waals surface area contributed by atoms with Crippen molar-refractivity contribution in [3.8, 4) is 0 Å². The van der Waals surface area contributed by atoms with Gasteiger partial charge in [-0.25, -0.2) is 0 Å². The van der Waals surface area contributed by atoms with Crippen LogP contribution in [-0.2, 0) is 77.6 Å². The highest BCUT2D eigenvalue weighted by Gasteiger charge is 2.19. The van der Waals surface area contributed by atoms with E-state index in [4.69, 9.17) is 62.6 Å². The van der Waals surface area contributed by atoms with Crippen LogP contribution in [-0.4, -0.2) is 188 Å². The smallest absolute Gasteiger partial charge is 0.222 e. The Morgan fingerprint density at radius 1 is 0.475 bits per heavy atom. The van der Waals surface area contributed by atoms with E-state index in [1.165, 1.54) is 0 Å². The van der Waals surface area contributed by atoms with Gasteiger partial charge in [-0.3, -0.25) is 14.4 Å². The van der Waals surface area contributed by atoms with Crippen molar-refractivity contribution in [2.75, 3.05) is 159 Å². The number of carbonyl (C=O) groups is 3. The molecule has 17 heteroatoms. The molecule has 17 nitrogen and oxygen atoms in total. The molecule has 0 aromatic heterocycles. The Balaban J connectivity index is 1.70. The second kappa shape index (κ2) is 42.2. The zero-order chi connectivity index (χ0) is 42.7. The molecule has 0 saturated carbocycles. The fourth-order valence-electron chi connectivity index (χ4n) is 4.87. The van der Waals surface area contributed by atoms with Gasteiger partial charge in [0, 0.05) is 25.9 Å². The monoisotopic (exact) mass is 847 g/mol. The summed E-state index contributed by atoms with van der Waals surface area (Å²) in [5.41, 5.74) is 6.52. The van der Waals surface area contributed by atoms with Crippen LogP contribution in [0.2, 0.25) is 0 Å². The molecule has 59 heavy (non-hydrogen) atoms. The van der Waals surface area contributed by atoms with Gasteiger partial charge in [-0.1, -0.05) is 37.3 Å². The van der Waals surface area contributed by atoms with Crippen molar-refractivity contribution in [2.24, 2.45) is 5.73 Å². The summed E-state index contributed by atoms with van der Waals surface area (Å²) in [6, 6.07) is 8.71. The van der Waals surface area contributed by atoms with Crippen molar-refractivity contribution in [1.29, 1.82) is 0 Å². The van der Waals surface area contributed by atoms with Gasteiger partial charge in [0.1, 0.15) is 5.78 Å². The second-order valence-corrected chi connectivity index (χ2v) is 13.1. The first kappa shape index (κ1) is 54.5. The van der Waals surface area contributed by atoms with Gasteiger partial charge in [-0.15, -0.1) is 0 Å². The normalized spacial score (nSPS) is 12.5. The summed E-state index contributed by atoms with van der Waals surface area (Å²) in [5, 5.41) is 2.84. The van der Waals surface area contributed by atoms with Crippen molar-refractivity contribution in [3.63, 3.8) is 0 Å². The van der Waals surface area contributed by atoms with Crippen molar-refractivity contribution in [1.82, 2.24) is 5.32 Å². The Morgan fingerprint density at radius 3 is 1.12 bits per heavy atom. The molecule has 0 unspecified atom stereocenters. The number of ether oxygens (including phenoxy) is 12. The van der Waals surface area contributed by atoms with E-state index in [1.807, 2.05) is 30.3 Å². The van der Waals surface area contributed by atoms with Crippen molar-refractivity contribution >= 4 is 17.5 Å². The lowest BCUT2D eigenvalue weighted by atomic mass is 10.0. The highest BCUT2D eigenvalue weighted by Crippen LogP contribution is 2.06. The summed E-state index contributed by atoms with van der Waals surface area (Å²) >= 11 is 0. The summed E-state index contributed by atoms with van der Waals surface area (Å²) in [6.07, 6.45) is 2.14. The molecule has 2 atom stereocenters. The molecule has 0 saturated heterocycles. The first-order chi connectivity index (χ1) is 28.9. The zero-order valence-electron chi connectivity index (χ0n) is 35.7. The summed E-state index contributed by atoms with van der Waals surface area (Å²) in [6.45, 7) is 14.5. The van der Waals surface area contributed by atoms with Crippen LogP contribution in [0.5, 0.6) is 0 Å². The fraction of sp³-hybridized carbons (Fsp3) is 0.786. The van der Waals surface area contributed by atoms with Crippen molar-refractivity contribution in [2.45, 2.75) is 58.0 Å². The minimum atomic E-state index is -0.532. The third-order valence-corrected chi connectivity index (χ3v) is 8.14. The van der Waals surface area contributed by atoms with E-state index in [2.05, 4.69) is 5.32 Å². The molecule has 0 aliphatic carbocycles. The molecule has 1 aromatic rings. The van der Waals surface area contributed by atoms with Gasteiger partial charge < -0.3 is 67.9 Å². The molecule has 1 amide bonds.